The highest BCUT2D eigenvalue weighted by atomic mass is 79.9. The van der Waals surface area contributed by atoms with Gasteiger partial charge in [-0.15, -0.1) is 0 Å². The van der Waals surface area contributed by atoms with Gasteiger partial charge in [-0.05, 0) is 72.4 Å². The summed E-state index contributed by atoms with van der Waals surface area (Å²) in [7, 11) is 1.64. The van der Waals surface area contributed by atoms with Crippen molar-refractivity contribution in [2.45, 2.75) is 50.8 Å². The fraction of sp³-hybridized carbons (Fsp3) is 0.323. The number of ether oxygens (including phenoxy) is 2. The molecule has 1 heterocycles. The molecule has 1 saturated heterocycles. The number of hydrogen-bond donors (Lipinski definition) is 1. The molecule has 5 rings (SSSR count). The minimum Gasteiger partial charge on any atom is -0.493 e. The molecular weight excluding hydrogens is 560 g/mol. The molecule has 0 spiro atoms. The van der Waals surface area contributed by atoms with Crippen LogP contribution in [0, 0.1) is 5.92 Å². The number of halogens is 1. The first-order valence-corrected chi connectivity index (χ1v) is 14.8. The van der Waals surface area contributed by atoms with Crippen molar-refractivity contribution in [3.8, 4) is 11.5 Å². The summed E-state index contributed by atoms with van der Waals surface area (Å²) >= 11 is 5.05. The van der Waals surface area contributed by atoms with Gasteiger partial charge in [0.1, 0.15) is 6.61 Å². The second-order valence-electron chi connectivity index (χ2n) is 9.86. The van der Waals surface area contributed by atoms with Crippen LogP contribution in [-0.2, 0) is 11.4 Å². The van der Waals surface area contributed by atoms with E-state index < -0.39 is 0 Å². The van der Waals surface area contributed by atoms with Crippen LogP contribution in [0.15, 0.2) is 82.2 Å². The predicted octanol–water partition coefficient (Wildman–Crippen LogP) is 7.93. The average Bonchev–Trinajstić information content (AvgIpc) is 3.23. The SMILES string of the molecule is COc1cc(/C=C2\SC(Nc3ccccc3)N([C@H]3CCCC[C@@H]3C)C2=O)ccc1OCc1ccc(Br)cc1. The maximum atomic E-state index is 13.8. The first-order valence-electron chi connectivity index (χ1n) is 13.1. The first-order chi connectivity index (χ1) is 18.5. The third kappa shape index (κ3) is 6.21. The predicted molar refractivity (Wildman–Crippen MR) is 159 cm³/mol. The molecule has 5 nitrogen and oxygen atoms in total. The summed E-state index contributed by atoms with van der Waals surface area (Å²) in [5.74, 6) is 1.89. The van der Waals surface area contributed by atoms with E-state index in [4.69, 9.17) is 9.47 Å². The average molecular weight is 594 g/mol. The highest BCUT2D eigenvalue weighted by Gasteiger charge is 2.42. The van der Waals surface area contributed by atoms with Crippen molar-refractivity contribution in [3.05, 3.63) is 93.3 Å². The zero-order chi connectivity index (χ0) is 26.5. The van der Waals surface area contributed by atoms with Crippen LogP contribution < -0.4 is 14.8 Å². The largest absolute Gasteiger partial charge is 0.493 e. The van der Waals surface area contributed by atoms with E-state index in [1.165, 1.54) is 12.8 Å². The van der Waals surface area contributed by atoms with Crippen molar-refractivity contribution in [1.82, 2.24) is 4.90 Å². The molecule has 0 radical (unpaired) electrons. The Morgan fingerprint density at radius 2 is 1.79 bits per heavy atom. The third-order valence-corrected chi connectivity index (χ3v) is 8.86. The van der Waals surface area contributed by atoms with E-state index in [-0.39, 0.29) is 17.4 Å². The van der Waals surface area contributed by atoms with Crippen LogP contribution in [0.3, 0.4) is 0 Å². The minimum atomic E-state index is -0.142. The van der Waals surface area contributed by atoms with Crippen molar-refractivity contribution < 1.29 is 14.3 Å². The molecule has 2 fully saturated rings. The van der Waals surface area contributed by atoms with E-state index in [0.717, 1.165) is 39.0 Å². The van der Waals surface area contributed by atoms with Gasteiger partial charge in [-0.25, -0.2) is 0 Å². The molecule has 3 aromatic carbocycles. The van der Waals surface area contributed by atoms with Crippen molar-refractivity contribution in [3.63, 3.8) is 0 Å². The topological polar surface area (TPSA) is 50.8 Å². The Morgan fingerprint density at radius 1 is 1.03 bits per heavy atom. The van der Waals surface area contributed by atoms with Crippen LogP contribution in [-0.4, -0.2) is 29.5 Å². The molecule has 1 saturated carbocycles. The number of hydrogen-bond acceptors (Lipinski definition) is 5. The van der Waals surface area contributed by atoms with Gasteiger partial charge in [0.25, 0.3) is 5.91 Å². The van der Waals surface area contributed by atoms with Gasteiger partial charge in [0.15, 0.2) is 17.0 Å². The smallest absolute Gasteiger partial charge is 0.262 e. The fourth-order valence-electron chi connectivity index (χ4n) is 5.15. The highest BCUT2D eigenvalue weighted by Crippen LogP contribution is 2.42. The van der Waals surface area contributed by atoms with E-state index in [2.05, 4.69) is 33.1 Å². The molecule has 1 N–H and O–H groups in total. The van der Waals surface area contributed by atoms with Crippen LogP contribution in [0.5, 0.6) is 11.5 Å². The van der Waals surface area contributed by atoms with E-state index >= 15 is 0 Å². The second kappa shape index (κ2) is 12.3. The maximum Gasteiger partial charge on any atom is 0.262 e. The first kappa shape index (κ1) is 26.7. The number of amides is 1. The van der Waals surface area contributed by atoms with Crippen molar-refractivity contribution >= 4 is 45.4 Å². The number of benzene rings is 3. The zero-order valence-electron chi connectivity index (χ0n) is 21.7. The Bertz CT molecular complexity index is 1280. The summed E-state index contributed by atoms with van der Waals surface area (Å²) in [5.41, 5.74) is 2.85. The van der Waals surface area contributed by atoms with Gasteiger partial charge >= 0.3 is 0 Å². The molecule has 3 aromatic rings. The van der Waals surface area contributed by atoms with Gasteiger partial charge in [0.2, 0.25) is 0 Å². The normalized spacial score (nSPS) is 22.5. The number of anilines is 1. The van der Waals surface area contributed by atoms with Gasteiger partial charge in [-0.1, -0.05) is 83.9 Å². The third-order valence-electron chi connectivity index (χ3n) is 7.22. The molecule has 2 aliphatic rings. The summed E-state index contributed by atoms with van der Waals surface area (Å²) in [6.45, 7) is 2.72. The molecule has 198 valence electrons. The number of methoxy groups -OCH3 is 1. The quantitative estimate of drug-likeness (QED) is 0.269. The van der Waals surface area contributed by atoms with Crippen molar-refractivity contribution in [1.29, 1.82) is 0 Å². The summed E-state index contributed by atoms with van der Waals surface area (Å²) in [6.07, 6.45) is 6.59. The Hall–Kier alpha value is -2.90. The van der Waals surface area contributed by atoms with Gasteiger partial charge in [-0.3, -0.25) is 4.79 Å². The van der Waals surface area contributed by atoms with Crippen molar-refractivity contribution in [2.75, 3.05) is 12.4 Å². The lowest BCUT2D eigenvalue weighted by atomic mass is 9.85. The lowest BCUT2D eigenvalue weighted by molar-refractivity contribution is -0.129. The number of carbonyl (C=O) groups is 1. The van der Waals surface area contributed by atoms with Crippen LogP contribution in [0.2, 0.25) is 0 Å². The standard InChI is InChI=1S/C31H33BrN2O3S/c1-21-8-6-7-11-26(21)34-30(35)29(38-31(34)33-25-9-4-3-5-10-25)19-23-14-17-27(28(18-23)36-2)37-20-22-12-15-24(32)16-13-22/h3-5,9-10,12-19,21,26,31,33H,6-8,11,20H2,1-2H3/b29-19-/t21-,26-,31?/m0/s1. The van der Waals surface area contributed by atoms with Gasteiger partial charge < -0.3 is 19.7 Å². The molecule has 1 aliphatic carbocycles. The number of carbonyl (C=O) groups excluding carboxylic acids is 1. The number of nitrogens with one attached hydrogen (secondary N) is 1. The summed E-state index contributed by atoms with van der Waals surface area (Å²) in [6, 6.07) is 24.2. The molecule has 0 bridgehead atoms. The van der Waals surface area contributed by atoms with Gasteiger partial charge in [0, 0.05) is 16.2 Å². The van der Waals surface area contributed by atoms with Crippen molar-refractivity contribution in [2.24, 2.45) is 5.92 Å². The Labute approximate surface area is 237 Å². The summed E-state index contributed by atoms with van der Waals surface area (Å²) in [4.78, 5) is 16.6. The fourth-order valence-corrected chi connectivity index (χ4v) is 6.63. The van der Waals surface area contributed by atoms with Gasteiger partial charge in [0.05, 0.1) is 12.0 Å². The Kier molecular flexibility index (Phi) is 8.65. The summed E-state index contributed by atoms with van der Waals surface area (Å²) < 4.78 is 12.7. The number of para-hydroxylation sites is 1. The molecule has 7 heteroatoms. The lowest BCUT2D eigenvalue weighted by Gasteiger charge is -2.39. The zero-order valence-corrected chi connectivity index (χ0v) is 24.1. The monoisotopic (exact) mass is 592 g/mol. The number of thioether (sulfide) groups is 1. The Balaban J connectivity index is 1.37. The molecule has 0 aromatic heterocycles. The van der Waals surface area contributed by atoms with Crippen LogP contribution in [0.1, 0.15) is 43.7 Å². The minimum absolute atomic E-state index is 0.0942. The lowest BCUT2D eigenvalue weighted by Crippen LogP contribution is -2.48. The molecule has 38 heavy (non-hydrogen) atoms. The van der Waals surface area contributed by atoms with E-state index in [1.807, 2.05) is 78.9 Å². The number of nitrogens with zero attached hydrogens (tertiary/aromatic N) is 1. The molecule has 1 amide bonds. The molecule has 3 atom stereocenters. The molecular formula is C31H33BrN2O3S. The summed E-state index contributed by atoms with van der Waals surface area (Å²) in [5, 5.41) is 3.60. The molecule has 1 unspecified atom stereocenters. The van der Waals surface area contributed by atoms with Crippen LogP contribution >= 0.6 is 27.7 Å². The maximum absolute atomic E-state index is 13.8. The van der Waals surface area contributed by atoms with Gasteiger partial charge in [-0.2, -0.15) is 0 Å². The Morgan fingerprint density at radius 3 is 2.53 bits per heavy atom. The molecule has 1 aliphatic heterocycles. The van der Waals surface area contributed by atoms with Crippen LogP contribution in [0.25, 0.3) is 6.08 Å². The van der Waals surface area contributed by atoms with Crippen LogP contribution in [0.4, 0.5) is 5.69 Å². The highest BCUT2D eigenvalue weighted by molar-refractivity contribution is 9.10. The second-order valence-corrected chi connectivity index (χ2v) is 11.9. The number of rotatable bonds is 8. The van der Waals surface area contributed by atoms with E-state index in [9.17, 15) is 4.79 Å². The van der Waals surface area contributed by atoms with E-state index in [1.54, 1.807) is 18.9 Å². The van der Waals surface area contributed by atoms with E-state index in [0.29, 0.717) is 24.0 Å².